The number of rotatable bonds is 15. The lowest BCUT2D eigenvalue weighted by atomic mass is 10.1. The van der Waals surface area contributed by atoms with Gasteiger partial charge in [0.1, 0.15) is 16.7 Å². The van der Waals surface area contributed by atoms with Crippen molar-refractivity contribution in [3.8, 4) is 17.2 Å². The predicted octanol–water partition coefficient (Wildman–Crippen LogP) is 6.75. The van der Waals surface area contributed by atoms with Crippen molar-refractivity contribution in [3.63, 3.8) is 0 Å². The lowest BCUT2D eigenvalue weighted by molar-refractivity contribution is 0.286. The molecule has 0 bridgehead atoms. The van der Waals surface area contributed by atoms with Crippen LogP contribution in [0.2, 0.25) is 0 Å². The zero-order valence-electron chi connectivity index (χ0n) is 18.5. The molecule has 0 atom stereocenters. The van der Waals surface area contributed by atoms with Gasteiger partial charge < -0.3 is 19.0 Å². The van der Waals surface area contributed by atoms with Crippen LogP contribution in [0.15, 0.2) is 39.6 Å². The molecule has 0 unspecified atom stereocenters. The molecule has 0 saturated carbocycles. The molecule has 1 aromatic carbocycles. The third-order valence-corrected chi connectivity index (χ3v) is 5.02. The van der Waals surface area contributed by atoms with E-state index in [0.717, 1.165) is 19.3 Å². The summed E-state index contributed by atoms with van der Waals surface area (Å²) in [6, 6.07) is 5.18. The second-order valence-electron chi connectivity index (χ2n) is 7.54. The van der Waals surface area contributed by atoms with E-state index >= 15 is 0 Å². The van der Waals surface area contributed by atoms with E-state index in [4.69, 9.17) is 13.9 Å². The van der Waals surface area contributed by atoms with Crippen LogP contribution >= 0.6 is 0 Å². The van der Waals surface area contributed by atoms with Gasteiger partial charge in [-0.05, 0) is 31.4 Å². The summed E-state index contributed by atoms with van der Waals surface area (Å²) < 4.78 is 16.8. The van der Waals surface area contributed by atoms with Crippen LogP contribution in [0, 0.1) is 0 Å². The molecule has 0 aliphatic rings. The maximum atomic E-state index is 12.2. The Labute approximate surface area is 179 Å². The van der Waals surface area contributed by atoms with Gasteiger partial charge in [-0.1, -0.05) is 77.0 Å². The predicted molar refractivity (Wildman–Crippen MR) is 122 cm³/mol. The van der Waals surface area contributed by atoms with Crippen LogP contribution in [0.4, 0.5) is 0 Å². The van der Waals surface area contributed by atoms with Crippen LogP contribution < -0.4 is 15.1 Å². The molecule has 0 fully saturated rings. The Morgan fingerprint density at radius 2 is 1.67 bits per heavy atom. The molecule has 5 heteroatoms. The van der Waals surface area contributed by atoms with Gasteiger partial charge in [0.2, 0.25) is 5.75 Å². The minimum atomic E-state index is -0.681. The van der Waals surface area contributed by atoms with Crippen LogP contribution in [0.1, 0.15) is 78.1 Å². The minimum Gasteiger partial charge on any atom is -0.503 e. The summed E-state index contributed by atoms with van der Waals surface area (Å²) in [7, 11) is 0. The highest BCUT2D eigenvalue weighted by Crippen LogP contribution is 2.37. The van der Waals surface area contributed by atoms with Crippen molar-refractivity contribution >= 4 is 11.0 Å². The first kappa shape index (κ1) is 23.8. The van der Waals surface area contributed by atoms with Crippen LogP contribution in [0.3, 0.4) is 0 Å². The molecular formula is C25H36O5. The average Bonchev–Trinajstić information content (AvgIpc) is 2.74. The number of hydrogen-bond acceptors (Lipinski definition) is 5. The van der Waals surface area contributed by atoms with E-state index in [9.17, 15) is 9.90 Å². The lowest BCUT2D eigenvalue weighted by Crippen LogP contribution is -2.08. The summed E-state index contributed by atoms with van der Waals surface area (Å²) in [6.45, 7) is 5.14. The smallest absolute Gasteiger partial charge is 0.383 e. The molecular weight excluding hydrogens is 380 g/mol. The van der Waals surface area contributed by atoms with Gasteiger partial charge in [0.25, 0.3) is 0 Å². The molecule has 0 radical (unpaired) electrons. The third kappa shape index (κ3) is 7.43. The van der Waals surface area contributed by atoms with Crippen molar-refractivity contribution in [2.75, 3.05) is 13.2 Å². The molecule has 0 saturated heterocycles. The van der Waals surface area contributed by atoms with Gasteiger partial charge in [-0.2, -0.15) is 0 Å². The Bertz CT molecular complexity index is 837. The number of unbranched alkanes of at least 4 members (excludes halogenated alkanes) is 7. The molecule has 30 heavy (non-hydrogen) atoms. The number of allylic oxidation sites excluding steroid dienone is 1. The fourth-order valence-corrected chi connectivity index (χ4v) is 3.37. The molecule has 0 spiro atoms. The largest absolute Gasteiger partial charge is 0.503 e. The van der Waals surface area contributed by atoms with E-state index in [2.05, 4.69) is 13.8 Å². The molecule has 1 N–H and O–H groups in total. The molecule has 1 heterocycles. The van der Waals surface area contributed by atoms with Crippen LogP contribution in [0.5, 0.6) is 17.2 Å². The van der Waals surface area contributed by atoms with Crippen molar-refractivity contribution in [1.82, 2.24) is 0 Å². The highest BCUT2D eigenvalue weighted by molar-refractivity contribution is 5.91. The maximum absolute atomic E-state index is 12.2. The van der Waals surface area contributed by atoms with E-state index in [1.54, 1.807) is 18.2 Å². The van der Waals surface area contributed by atoms with E-state index in [-0.39, 0.29) is 11.5 Å². The highest BCUT2D eigenvalue weighted by atomic mass is 16.5. The van der Waals surface area contributed by atoms with E-state index in [1.165, 1.54) is 38.5 Å². The first-order valence-electron chi connectivity index (χ1n) is 11.4. The number of ether oxygens (including phenoxy) is 2. The molecule has 0 aliphatic carbocycles. The summed E-state index contributed by atoms with van der Waals surface area (Å²) >= 11 is 0. The van der Waals surface area contributed by atoms with Gasteiger partial charge in [0.05, 0.1) is 13.2 Å². The number of benzene rings is 1. The molecule has 1 aromatic heterocycles. The first-order valence-corrected chi connectivity index (χ1v) is 11.4. The van der Waals surface area contributed by atoms with Gasteiger partial charge >= 0.3 is 5.63 Å². The zero-order chi connectivity index (χ0) is 21.6. The van der Waals surface area contributed by atoms with Gasteiger partial charge in [-0.3, -0.25) is 0 Å². The van der Waals surface area contributed by atoms with Gasteiger partial charge in [-0.25, -0.2) is 4.79 Å². The van der Waals surface area contributed by atoms with E-state index in [0.29, 0.717) is 36.4 Å². The van der Waals surface area contributed by atoms with Crippen LogP contribution in [-0.2, 0) is 0 Å². The summed E-state index contributed by atoms with van der Waals surface area (Å²) in [6.07, 6.45) is 15.4. The SMILES string of the molecule is CC/C=C/CCOc1c(O)c2c(OCCCCCCCCCC)cccc2oc1=O. The number of hydrogen-bond donors (Lipinski definition) is 1. The summed E-state index contributed by atoms with van der Waals surface area (Å²) in [5, 5.41) is 11.1. The fourth-order valence-electron chi connectivity index (χ4n) is 3.37. The first-order chi connectivity index (χ1) is 14.7. The van der Waals surface area contributed by atoms with Crippen molar-refractivity contribution < 1.29 is 19.0 Å². The second kappa shape index (κ2) is 13.7. The van der Waals surface area contributed by atoms with Crippen LogP contribution in [0.25, 0.3) is 11.0 Å². The topological polar surface area (TPSA) is 68.9 Å². The summed E-state index contributed by atoms with van der Waals surface area (Å²) in [5.74, 6) is 0.134. The summed E-state index contributed by atoms with van der Waals surface area (Å²) in [4.78, 5) is 12.2. The molecule has 5 nitrogen and oxygen atoms in total. The van der Waals surface area contributed by atoms with Crippen LogP contribution in [-0.4, -0.2) is 18.3 Å². The molecule has 2 aromatic rings. The Morgan fingerprint density at radius 1 is 0.933 bits per heavy atom. The molecule has 0 amide bonds. The third-order valence-electron chi connectivity index (χ3n) is 5.02. The van der Waals surface area contributed by atoms with E-state index < -0.39 is 5.63 Å². The molecule has 0 aliphatic heterocycles. The second-order valence-corrected chi connectivity index (χ2v) is 7.54. The Morgan fingerprint density at radius 3 is 2.40 bits per heavy atom. The number of aromatic hydroxyl groups is 1. The van der Waals surface area contributed by atoms with Crippen molar-refractivity contribution in [2.45, 2.75) is 78.1 Å². The van der Waals surface area contributed by atoms with Gasteiger partial charge in [0.15, 0.2) is 5.75 Å². The quantitative estimate of drug-likeness (QED) is 0.197. The highest BCUT2D eigenvalue weighted by Gasteiger charge is 2.18. The van der Waals surface area contributed by atoms with Crippen molar-refractivity contribution in [2.24, 2.45) is 0 Å². The van der Waals surface area contributed by atoms with Crippen molar-refractivity contribution in [1.29, 1.82) is 0 Å². The van der Waals surface area contributed by atoms with Crippen molar-refractivity contribution in [3.05, 3.63) is 40.8 Å². The van der Waals surface area contributed by atoms with Gasteiger partial charge in [0, 0.05) is 0 Å². The minimum absolute atomic E-state index is 0.157. The maximum Gasteiger partial charge on any atom is 0.383 e. The zero-order valence-corrected chi connectivity index (χ0v) is 18.5. The Kier molecular flexibility index (Phi) is 10.9. The normalized spacial score (nSPS) is 11.4. The lowest BCUT2D eigenvalue weighted by Gasteiger charge is -2.12. The molecule has 166 valence electrons. The fraction of sp³-hybridized carbons (Fsp3) is 0.560. The summed E-state index contributed by atoms with van der Waals surface area (Å²) in [5.41, 5.74) is -0.385. The molecule has 2 rings (SSSR count). The van der Waals surface area contributed by atoms with Gasteiger partial charge in [-0.15, -0.1) is 0 Å². The van der Waals surface area contributed by atoms with E-state index in [1.807, 2.05) is 12.2 Å². The Hall–Kier alpha value is -2.43. The number of fused-ring (bicyclic) bond motifs is 1. The monoisotopic (exact) mass is 416 g/mol. The average molecular weight is 417 g/mol. The standard InChI is InChI=1S/C25H36O5/c1-3-5-7-9-10-11-12-14-18-28-20-16-15-17-21-22(20)23(26)24(25(27)30-21)29-19-13-8-6-4-2/h6,8,15-17,26H,3-5,7,9-14,18-19H2,1-2H3/b8-6+. The Balaban J connectivity index is 1.95.